The van der Waals surface area contributed by atoms with Gasteiger partial charge in [-0.15, -0.1) is 0 Å². The van der Waals surface area contributed by atoms with Crippen LogP contribution in [0.4, 0.5) is 5.82 Å². The van der Waals surface area contributed by atoms with E-state index in [0.717, 1.165) is 41.5 Å². The molecule has 3 rings (SSSR count). The van der Waals surface area contributed by atoms with E-state index in [1.54, 1.807) is 7.11 Å². The fourth-order valence-electron chi connectivity index (χ4n) is 2.32. The van der Waals surface area contributed by atoms with Gasteiger partial charge in [0, 0.05) is 30.4 Å². The first kappa shape index (κ1) is 15.0. The van der Waals surface area contributed by atoms with Crippen LogP contribution in [0, 0.1) is 0 Å². The van der Waals surface area contributed by atoms with Gasteiger partial charge in [0.2, 0.25) is 0 Å². The van der Waals surface area contributed by atoms with Gasteiger partial charge in [0.15, 0.2) is 0 Å². The molecule has 1 aromatic carbocycles. The predicted molar refractivity (Wildman–Crippen MR) is 92.7 cm³/mol. The SMILES string of the molecule is COc1ccc(-c2cccc(NCCc3ccccn3)n2)cc1. The van der Waals surface area contributed by atoms with Crippen LogP contribution in [-0.4, -0.2) is 23.6 Å². The third kappa shape index (κ3) is 4.07. The molecule has 116 valence electrons. The quantitative estimate of drug-likeness (QED) is 0.752. The second kappa shape index (κ2) is 7.40. The number of anilines is 1. The second-order valence-corrected chi connectivity index (χ2v) is 5.13. The van der Waals surface area contributed by atoms with Gasteiger partial charge in [-0.2, -0.15) is 0 Å². The Morgan fingerprint density at radius 1 is 0.957 bits per heavy atom. The highest BCUT2D eigenvalue weighted by Gasteiger charge is 2.02. The monoisotopic (exact) mass is 305 g/mol. The van der Waals surface area contributed by atoms with E-state index in [9.17, 15) is 0 Å². The van der Waals surface area contributed by atoms with Crippen molar-refractivity contribution in [3.8, 4) is 17.0 Å². The molecule has 0 bridgehead atoms. The van der Waals surface area contributed by atoms with Gasteiger partial charge in [-0.1, -0.05) is 12.1 Å². The molecule has 0 radical (unpaired) electrons. The third-order valence-electron chi connectivity index (χ3n) is 3.55. The number of ether oxygens (including phenoxy) is 1. The summed E-state index contributed by atoms with van der Waals surface area (Å²) < 4.78 is 5.19. The number of rotatable bonds is 6. The topological polar surface area (TPSA) is 47.0 Å². The van der Waals surface area contributed by atoms with Crippen molar-refractivity contribution in [3.63, 3.8) is 0 Å². The zero-order chi connectivity index (χ0) is 15.9. The maximum atomic E-state index is 5.19. The van der Waals surface area contributed by atoms with Crippen LogP contribution in [0.25, 0.3) is 11.3 Å². The highest BCUT2D eigenvalue weighted by molar-refractivity contribution is 5.62. The number of nitrogens with one attached hydrogen (secondary N) is 1. The number of pyridine rings is 2. The molecule has 0 aliphatic carbocycles. The van der Waals surface area contributed by atoms with Crippen LogP contribution in [0.2, 0.25) is 0 Å². The van der Waals surface area contributed by atoms with Gasteiger partial charge in [0.1, 0.15) is 11.6 Å². The summed E-state index contributed by atoms with van der Waals surface area (Å²) in [5.74, 6) is 1.72. The first-order chi connectivity index (χ1) is 11.3. The third-order valence-corrected chi connectivity index (χ3v) is 3.55. The summed E-state index contributed by atoms with van der Waals surface area (Å²) in [7, 11) is 1.67. The average Bonchev–Trinajstić information content (AvgIpc) is 2.63. The van der Waals surface area contributed by atoms with Crippen LogP contribution in [0.3, 0.4) is 0 Å². The number of methoxy groups -OCH3 is 1. The van der Waals surface area contributed by atoms with Crippen LogP contribution in [-0.2, 0) is 6.42 Å². The number of hydrogen-bond donors (Lipinski definition) is 1. The van der Waals surface area contributed by atoms with E-state index in [2.05, 4.69) is 15.3 Å². The number of aromatic nitrogens is 2. The van der Waals surface area contributed by atoms with Crippen molar-refractivity contribution in [2.24, 2.45) is 0 Å². The van der Waals surface area contributed by atoms with Crippen LogP contribution in [0.1, 0.15) is 5.69 Å². The Hall–Kier alpha value is -2.88. The smallest absolute Gasteiger partial charge is 0.126 e. The molecule has 4 nitrogen and oxygen atoms in total. The van der Waals surface area contributed by atoms with Crippen LogP contribution in [0.15, 0.2) is 66.9 Å². The Morgan fingerprint density at radius 3 is 2.57 bits per heavy atom. The lowest BCUT2D eigenvalue weighted by atomic mass is 10.1. The van der Waals surface area contributed by atoms with E-state index in [-0.39, 0.29) is 0 Å². The Morgan fingerprint density at radius 2 is 1.83 bits per heavy atom. The predicted octanol–water partition coefficient (Wildman–Crippen LogP) is 3.81. The van der Waals surface area contributed by atoms with Crippen molar-refractivity contribution in [2.45, 2.75) is 6.42 Å². The second-order valence-electron chi connectivity index (χ2n) is 5.13. The fraction of sp³-hybridized carbons (Fsp3) is 0.158. The normalized spacial score (nSPS) is 10.3. The summed E-state index contributed by atoms with van der Waals surface area (Å²) in [4.78, 5) is 8.98. The Balaban J connectivity index is 1.64. The van der Waals surface area contributed by atoms with Gasteiger partial charge >= 0.3 is 0 Å². The molecule has 0 amide bonds. The molecule has 3 aromatic rings. The molecular formula is C19H19N3O. The first-order valence-corrected chi connectivity index (χ1v) is 7.60. The highest BCUT2D eigenvalue weighted by atomic mass is 16.5. The molecule has 0 spiro atoms. The first-order valence-electron chi connectivity index (χ1n) is 7.60. The lowest BCUT2D eigenvalue weighted by molar-refractivity contribution is 0.415. The Kier molecular flexibility index (Phi) is 4.84. The fourth-order valence-corrected chi connectivity index (χ4v) is 2.32. The summed E-state index contributed by atoms with van der Waals surface area (Å²) in [6, 6.07) is 19.9. The van der Waals surface area contributed by atoms with E-state index in [1.165, 1.54) is 0 Å². The average molecular weight is 305 g/mol. The van der Waals surface area contributed by atoms with Crippen LogP contribution < -0.4 is 10.1 Å². The molecule has 0 aliphatic heterocycles. The van der Waals surface area contributed by atoms with E-state index < -0.39 is 0 Å². The lowest BCUT2D eigenvalue weighted by Crippen LogP contribution is -2.07. The zero-order valence-corrected chi connectivity index (χ0v) is 13.1. The van der Waals surface area contributed by atoms with Gasteiger partial charge < -0.3 is 10.1 Å². The lowest BCUT2D eigenvalue weighted by Gasteiger charge is -2.08. The summed E-state index contributed by atoms with van der Waals surface area (Å²) in [5.41, 5.74) is 3.08. The van der Waals surface area contributed by atoms with Gasteiger partial charge in [-0.3, -0.25) is 4.98 Å². The van der Waals surface area contributed by atoms with Gasteiger partial charge in [-0.25, -0.2) is 4.98 Å². The van der Waals surface area contributed by atoms with Crippen molar-refractivity contribution in [2.75, 3.05) is 19.0 Å². The molecule has 4 heteroatoms. The van der Waals surface area contributed by atoms with Gasteiger partial charge in [0.05, 0.1) is 12.8 Å². The van der Waals surface area contributed by atoms with Crippen molar-refractivity contribution < 1.29 is 4.74 Å². The minimum Gasteiger partial charge on any atom is -0.497 e. The van der Waals surface area contributed by atoms with E-state index in [0.29, 0.717) is 0 Å². The molecule has 2 heterocycles. The van der Waals surface area contributed by atoms with Crippen LogP contribution in [0.5, 0.6) is 5.75 Å². The maximum absolute atomic E-state index is 5.19. The van der Waals surface area contributed by atoms with Gasteiger partial charge in [0.25, 0.3) is 0 Å². The maximum Gasteiger partial charge on any atom is 0.126 e. The van der Waals surface area contributed by atoms with Crippen molar-refractivity contribution >= 4 is 5.82 Å². The molecule has 0 unspecified atom stereocenters. The zero-order valence-electron chi connectivity index (χ0n) is 13.1. The highest BCUT2D eigenvalue weighted by Crippen LogP contribution is 2.21. The van der Waals surface area contributed by atoms with E-state index in [4.69, 9.17) is 4.74 Å². The molecule has 1 N–H and O–H groups in total. The minimum atomic E-state index is 0.802. The van der Waals surface area contributed by atoms with E-state index in [1.807, 2.05) is 66.9 Å². The number of benzene rings is 1. The molecular weight excluding hydrogens is 286 g/mol. The Labute approximate surface area is 136 Å². The van der Waals surface area contributed by atoms with Crippen LogP contribution >= 0.6 is 0 Å². The molecule has 0 saturated carbocycles. The molecule has 0 atom stereocenters. The Bertz CT molecular complexity index is 742. The summed E-state index contributed by atoms with van der Waals surface area (Å²) in [6.45, 7) is 0.802. The molecule has 23 heavy (non-hydrogen) atoms. The summed E-state index contributed by atoms with van der Waals surface area (Å²) in [6.07, 6.45) is 2.69. The van der Waals surface area contributed by atoms with Crippen molar-refractivity contribution in [1.82, 2.24) is 9.97 Å². The molecule has 0 saturated heterocycles. The van der Waals surface area contributed by atoms with Gasteiger partial charge in [-0.05, 0) is 48.5 Å². The van der Waals surface area contributed by atoms with Crippen molar-refractivity contribution in [1.29, 1.82) is 0 Å². The van der Waals surface area contributed by atoms with E-state index >= 15 is 0 Å². The minimum absolute atomic E-state index is 0.802. The van der Waals surface area contributed by atoms with Crippen molar-refractivity contribution in [3.05, 3.63) is 72.6 Å². The molecule has 0 fully saturated rings. The largest absolute Gasteiger partial charge is 0.497 e. The summed E-state index contributed by atoms with van der Waals surface area (Å²) >= 11 is 0. The number of hydrogen-bond acceptors (Lipinski definition) is 4. The molecule has 2 aromatic heterocycles. The number of nitrogens with zero attached hydrogens (tertiary/aromatic N) is 2. The standard InChI is InChI=1S/C19H19N3O/c1-23-17-10-8-15(9-11-17)18-6-4-7-19(22-18)21-14-12-16-5-2-3-13-20-16/h2-11,13H,12,14H2,1H3,(H,21,22). The molecule has 0 aliphatic rings. The summed E-state index contributed by atoms with van der Waals surface area (Å²) in [5, 5.41) is 3.35.